The van der Waals surface area contributed by atoms with E-state index in [-0.39, 0.29) is 6.04 Å². The van der Waals surface area contributed by atoms with Crippen molar-refractivity contribution in [1.29, 1.82) is 0 Å². The number of anilines is 2. The molecule has 4 rings (SSSR count). The summed E-state index contributed by atoms with van der Waals surface area (Å²) in [5, 5.41) is 5.95. The molecule has 2 atom stereocenters. The van der Waals surface area contributed by atoms with Crippen molar-refractivity contribution in [1.82, 2.24) is 4.98 Å². The van der Waals surface area contributed by atoms with Crippen molar-refractivity contribution >= 4 is 17.4 Å². The lowest BCUT2D eigenvalue weighted by molar-refractivity contribution is -0.119. The summed E-state index contributed by atoms with van der Waals surface area (Å²) in [5.74, 6) is -4.36. The second-order valence-electron chi connectivity index (χ2n) is 8.22. The average Bonchev–Trinajstić information content (AvgIpc) is 3.39. The third kappa shape index (κ3) is 4.58. The Hall–Kier alpha value is -3.28. The number of hydrogen-bond donors (Lipinski definition) is 2. The Morgan fingerprint density at radius 2 is 1.81 bits per heavy atom. The molecule has 0 aliphatic heterocycles. The van der Waals surface area contributed by atoms with Crippen LogP contribution in [0, 0.1) is 19.8 Å². The molecule has 0 spiro atoms. The zero-order valence-corrected chi connectivity index (χ0v) is 17.7. The normalized spacial score (nSPS) is 17.6. The summed E-state index contributed by atoms with van der Waals surface area (Å²) < 4.78 is 26.5. The molecule has 1 heterocycles. The molecule has 160 valence electrons. The Labute approximate surface area is 180 Å². The first-order chi connectivity index (χ1) is 14.7. The number of benzene rings is 2. The first-order valence-electron chi connectivity index (χ1n) is 10.3. The number of carbonyl (C=O) groups is 1. The highest BCUT2D eigenvalue weighted by molar-refractivity contribution is 5.98. The van der Waals surface area contributed by atoms with E-state index >= 15 is 0 Å². The molecule has 1 aliphatic carbocycles. The number of halogens is 2. The zero-order chi connectivity index (χ0) is 22.2. The van der Waals surface area contributed by atoms with Crippen LogP contribution in [0.1, 0.15) is 36.1 Å². The molecule has 1 aliphatic rings. The second-order valence-corrected chi connectivity index (χ2v) is 8.22. The van der Waals surface area contributed by atoms with Gasteiger partial charge in [-0.05, 0) is 49.1 Å². The summed E-state index contributed by atoms with van der Waals surface area (Å²) in [7, 11) is 0. The van der Waals surface area contributed by atoms with Gasteiger partial charge < -0.3 is 10.6 Å². The number of amides is 1. The molecule has 1 saturated carbocycles. The maximum Gasteiger partial charge on any atom is 0.260 e. The van der Waals surface area contributed by atoms with Crippen LogP contribution in [-0.2, 0) is 4.79 Å². The minimum absolute atomic E-state index is 0.0983. The molecule has 6 heteroatoms. The fraction of sp³-hybridized carbons (Fsp3) is 0.280. The lowest BCUT2D eigenvalue weighted by Gasteiger charge is -2.19. The van der Waals surface area contributed by atoms with E-state index in [4.69, 9.17) is 0 Å². The highest BCUT2D eigenvalue weighted by Gasteiger charge is 2.61. The lowest BCUT2D eigenvalue weighted by atomic mass is 10.00. The maximum atomic E-state index is 13.3. The van der Waals surface area contributed by atoms with Gasteiger partial charge in [-0.15, -0.1) is 0 Å². The maximum absolute atomic E-state index is 13.3. The van der Waals surface area contributed by atoms with Crippen LogP contribution >= 0.6 is 0 Å². The standard InChI is InChI=1S/C25H25F2N3O/c1-15-5-4-6-20(13-15)19-9-7-18(8-10-19)17(3)29-23-22(16(2)11-12-28-23)30-24(31)21-14-25(21,26)27/h4-13,17,21H,14H2,1-3H3,(H,28,29)(H,30,31). The lowest BCUT2D eigenvalue weighted by Crippen LogP contribution is -2.20. The summed E-state index contributed by atoms with van der Waals surface area (Å²) in [4.78, 5) is 16.5. The van der Waals surface area contributed by atoms with Crippen LogP contribution in [0.5, 0.6) is 0 Å². The van der Waals surface area contributed by atoms with Gasteiger partial charge in [-0.2, -0.15) is 0 Å². The van der Waals surface area contributed by atoms with E-state index in [1.54, 1.807) is 12.3 Å². The van der Waals surface area contributed by atoms with Gasteiger partial charge >= 0.3 is 0 Å². The van der Waals surface area contributed by atoms with Gasteiger partial charge in [0.15, 0.2) is 5.82 Å². The molecular formula is C25H25F2N3O. The van der Waals surface area contributed by atoms with Gasteiger partial charge in [0.25, 0.3) is 5.92 Å². The number of aromatic nitrogens is 1. The van der Waals surface area contributed by atoms with Crippen LogP contribution in [0.15, 0.2) is 60.8 Å². The van der Waals surface area contributed by atoms with Crippen LogP contribution < -0.4 is 10.6 Å². The summed E-state index contributed by atoms with van der Waals surface area (Å²) in [6.45, 7) is 5.88. The van der Waals surface area contributed by atoms with E-state index in [0.29, 0.717) is 11.5 Å². The van der Waals surface area contributed by atoms with Gasteiger partial charge in [-0.25, -0.2) is 13.8 Å². The highest BCUT2D eigenvalue weighted by Crippen LogP contribution is 2.49. The number of rotatable bonds is 6. The molecule has 4 nitrogen and oxygen atoms in total. The Balaban J connectivity index is 1.50. The molecule has 1 aromatic heterocycles. The van der Waals surface area contributed by atoms with Crippen molar-refractivity contribution in [2.75, 3.05) is 10.6 Å². The topological polar surface area (TPSA) is 54.0 Å². The Kier molecular flexibility index (Phi) is 5.48. The number of hydrogen-bond acceptors (Lipinski definition) is 3. The molecule has 31 heavy (non-hydrogen) atoms. The fourth-order valence-electron chi connectivity index (χ4n) is 3.61. The quantitative estimate of drug-likeness (QED) is 0.503. The molecule has 0 saturated heterocycles. The summed E-state index contributed by atoms with van der Waals surface area (Å²) >= 11 is 0. The van der Waals surface area contributed by atoms with Crippen LogP contribution in [0.2, 0.25) is 0 Å². The van der Waals surface area contributed by atoms with E-state index in [0.717, 1.165) is 22.3 Å². The molecule has 1 fully saturated rings. The molecule has 2 unspecified atom stereocenters. The van der Waals surface area contributed by atoms with Crippen LogP contribution in [-0.4, -0.2) is 16.8 Å². The molecule has 3 aromatic rings. The smallest absolute Gasteiger partial charge is 0.260 e. The van der Waals surface area contributed by atoms with Gasteiger partial charge in [0, 0.05) is 12.6 Å². The second kappa shape index (κ2) is 8.10. The molecule has 2 aromatic carbocycles. The number of pyridine rings is 1. The third-order valence-electron chi connectivity index (χ3n) is 5.67. The molecule has 1 amide bonds. The third-order valence-corrected chi connectivity index (χ3v) is 5.67. The summed E-state index contributed by atoms with van der Waals surface area (Å²) in [6, 6.07) is 18.2. The van der Waals surface area contributed by atoms with Crippen molar-refractivity contribution < 1.29 is 13.6 Å². The van der Waals surface area contributed by atoms with Crippen LogP contribution in [0.25, 0.3) is 11.1 Å². The number of carbonyl (C=O) groups excluding carboxylic acids is 1. The van der Waals surface area contributed by atoms with Crippen LogP contribution in [0.4, 0.5) is 20.3 Å². The van der Waals surface area contributed by atoms with E-state index < -0.39 is 24.2 Å². The number of nitrogens with zero attached hydrogens (tertiary/aromatic N) is 1. The zero-order valence-electron chi connectivity index (χ0n) is 17.7. The van der Waals surface area contributed by atoms with Gasteiger partial charge in [0.2, 0.25) is 5.91 Å². The van der Waals surface area contributed by atoms with Crippen molar-refractivity contribution in [3.63, 3.8) is 0 Å². The van der Waals surface area contributed by atoms with Gasteiger partial charge in [-0.3, -0.25) is 4.79 Å². The highest BCUT2D eigenvalue weighted by atomic mass is 19.3. The molecule has 2 N–H and O–H groups in total. The van der Waals surface area contributed by atoms with Crippen molar-refractivity contribution in [3.8, 4) is 11.1 Å². The fourth-order valence-corrected chi connectivity index (χ4v) is 3.61. The van der Waals surface area contributed by atoms with Gasteiger partial charge in [-0.1, -0.05) is 54.1 Å². The number of alkyl halides is 2. The summed E-state index contributed by atoms with van der Waals surface area (Å²) in [6.07, 6.45) is 1.23. The Morgan fingerprint density at radius 3 is 2.45 bits per heavy atom. The van der Waals surface area contributed by atoms with Gasteiger partial charge in [0.05, 0.1) is 11.7 Å². The number of aryl methyl sites for hydroxylation is 2. The van der Waals surface area contributed by atoms with Crippen LogP contribution in [0.3, 0.4) is 0 Å². The monoisotopic (exact) mass is 421 g/mol. The predicted molar refractivity (Wildman–Crippen MR) is 119 cm³/mol. The van der Waals surface area contributed by atoms with Crippen molar-refractivity contribution in [2.24, 2.45) is 5.92 Å². The summed E-state index contributed by atoms with van der Waals surface area (Å²) in [5.41, 5.74) is 5.75. The average molecular weight is 421 g/mol. The largest absolute Gasteiger partial charge is 0.362 e. The first-order valence-corrected chi connectivity index (χ1v) is 10.3. The molecule has 0 radical (unpaired) electrons. The van der Waals surface area contributed by atoms with E-state index in [2.05, 4.69) is 52.9 Å². The minimum atomic E-state index is -2.90. The van der Waals surface area contributed by atoms with Crippen molar-refractivity contribution in [2.45, 2.75) is 39.2 Å². The number of nitrogens with one attached hydrogen (secondary N) is 2. The minimum Gasteiger partial charge on any atom is -0.362 e. The first kappa shape index (κ1) is 21.0. The molecule has 0 bridgehead atoms. The Bertz CT molecular complexity index is 1110. The Morgan fingerprint density at radius 1 is 1.10 bits per heavy atom. The van der Waals surface area contributed by atoms with Gasteiger partial charge in [0.1, 0.15) is 5.92 Å². The SMILES string of the molecule is Cc1cccc(-c2ccc(C(C)Nc3nccc(C)c3NC(=O)C3CC3(F)F)cc2)c1. The van der Waals surface area contributed by atoms with E-state index in [9.17, 15) is 13.6 Å². The molecular weight excluding hydrogens is 396 g/mol. The van der Waals surface area contributed by atoms with E-state index in [1.807, 2.05) is 32.0 Å². The predicted octanol–water partition coefficient (Wildman–Crippen LogP) is 6.13. The van der Waals surface area contributed by atoms with E-state index in [1.165, 1.54) is 5.56 Å². The van der Waals surface area contributed by atoms with Crippen molar-refractivity contribution in [3.05, 3.63) is 77.5 Å².